The zero-order valence-corrected chi connectivity index (χ0v) is 13.4. The second-order valence-electron chi connectivity index (χ2n) is 6.57. The Bertz CT molecular complexity index is 792. The molecule has 1 aliphatic heterocycles. The molecule has 1 amide bonds. The quantitative estimate of drug-likeness (QED) is 0.922. The molecule has 1 aromatic carbocycles. The first-order valence-electron chi connectivity index (χ1n) is 7.84. The summed E-state index contributed by atoms with van der Waals surface area (Å²) in [4.78, 5) is 30.6. The molecular weight excluding hydrogens is 294 g/mol. The van der Waals surface area contributed by atoms with E-state index in [0.29, 0.717) is 17.6 Å². The van der Waals surface area contributed by atoms with Crippen LogP contribution in [0, 0.1) is 0 Å². The molecule has 1 aliphatic rings. The van der Waals surface area contributed by atoms with E-state index in [1.165, 1.54) is 10.8 Å². The number of hydrogen-bond donors (Lipinski definition) is 1. The van der Waals surface area contributed by atoms with Crippen LogP contribution in [0.3, 0.4) is 0 Å². The predicted octanol–water partition coefficient (Wildman–Crippen LogP) is 1.16. The summed E-state index contributed by atoms with van der Waals surface area (Å²) < 4.78 is 1.45. The molecule has 0 bridgehead atoms. The fraction of sp³-hybridized carbons (Fsp3) is 0.471. The number of likely N-dealkylation sites (tertiary alicyclic amines) is 1. The number of amides is 1. The lowest BCUT2D eigenvalue weighted by molar-refractivity contribution is -0.137. The van der Waals surface area contributed by atoms with Crippen LogP contribution in [0.25, 0.3) is 11.0 Å². The highest BCUT2D eigenvalue weighted by Gasteiger charge is 2.38. The van der Waals surface area contributed by atoms with E-state index < -0.39 is 5.60 Å². The van der Waals surface area contributed by atoms with E-state index in [9.17, 15) is 14.7 Å². The Morgan fingerprint density at radius 3 is 2.87 bits per heavy atom. The van der Waals surface area contributed by atoms with E-state index in [1.807, 2.05) is 18.2 Å². The van der Waals surface area contributed by atoms with E-state index in [0.717, 1.165) is 12.8 Å². The van der Waals surface area contributed by atoms with E-state index in [1.54, 1.807) is 24.8 Å². The van der Waals surface area contributed by atoms with Crippen molar-refractivity contribution in [1.29, 1.82) is 0 Å². The third kappa shape index (κ3) is 2.99. The minimum absolute atomic E-state index is 0.0333. The van der Waals surface area contributed by atoms with Gasteiger partial charge in [0, 0.05) is 6.54 Å². The highest BCUT2D eigenvalue weighted by atomic mass is 16.3. The molecule has 1 aromatic heterocycles. The summed E-state index contributed by atoms with van der Waals surface area (Å²) in [5.41, 5.74) is 0.0843. The predicted molar refractivity (Wildman–Crippen MR) is 87.0 cm³/mol. The average Bonchev–Trinajstić information content (AvgIpc) is 3.00. The fourth-order valence-electron chi connectivity index (χ4n) is 3.30. The Labute approximate surface area is 134 Å². The van der Waals surface area contributed by atoms with E-state index >= 15 is 0 Å². The molecule has 0 saturated carbocycles. The van der Waals surface area contributed by atoms with Gasteiger partial charge >= 0.3 is 0 Å². The number of nitrogens with zero attached hydrogens (tertiary/aromatic N) is 3. The van der Waals surface area contributed by atoms with Crippen LogP contribution in [-0.4, -0.2) is 43.7 Å². The average molecular weight is 315 g/mol. The first-order chi connectivity index (χ1) is 10.9. The van der Waals surface area contributed by atoms with Gasteiger partial charge in [0.1, 0.15) is 6.54 Å². The van der Waals surface area contributed by atoms with Crippen molar-refractivity contribution >= 4 is 16.9 Å². The molecule has 2 aromatic rings. The van der Waals surface area contributed by atoms with Gasteiger partial charge in [0.2, 0.25) is 5.91 Å². The normalized spacial score (nSPS) is 18.6. The Morgan fingerprint density at radius 1 is 1.39 bits per heavy atom. The summed E-state index contributed by atoms with van der Waals surface area (Å²) in [6.45, 7) is 4.02. The molecule has 0 aliphatic carbocycles. The zero-order valence-electron chi connectivity index (χ0n) is 13.4. The molecule has 2 heterocycles. The molecule has 1 saturated heterocycles. The van der Waals surface area contributed by atoms with Crippen molar-refractivity contribution in [1.82, 2.24) is 14.5 Å². The maximum Gasteiger partial charge on any atom is 0.269 e. The van der Waals surface area contributed by atoms with Crippen molar-refractivity contribution in [3.8, 4) is 0 Å². The molecule has 6 heteroatoms. The highest BCUT2D eigenvalue weighted by Crippen LogP contribution is 2.27. The summed E-state index contributed by atoms with van der Waals surface area (Å²) in [5.74, 6) is -0.145. The topological polar surface area (TPSA) is 75.4 Å². The molecule has 0 radical (unpaired) electrons. The van der Waals surface area contributed by atoms with Gasteiger partial charge in [-0.2, -0.15) is 0 Å². The molecule has 1 atom stereocenters. The number of para-hydroxylation sites is 2. The SMILES string of the molecule is CC(C)(O)C1CCCN1C(=O)Cn1c(=O)cnc2ccccc21. The molecule has 3 rings (SSSR count). The molecular formula is C17H21N3O3. The van der Waals surface area contributed by atoms with Crippen molar-refractivity contribution in [3.05, 3.63) is 40.8 Å². The summed E-state index contributed by atoms with van der Waals surface area (Å²) >= 11 is 0. The van der Waals surface area contributed by atoms with Crippen LogP contribution >= 0.6 is 0 Å². The lowest BCUT2D eigenvalue weighted by Gasteiger charge is -2.34. The molecule has 6 nitrogen and oxygen atoms in total. The number of hydrogen-bond acceptors (Lipinski definition) is 4. The van der Waals surface area contributed by atoms with Crippen LogP contribution in [0.2, 0.25) is 0 Å². The monoisotopic (exact) mass is 315 g/mol. The van der Waals surface area contributed by atoms with Gasteiger partial charge in [0.25, 0.3) is 5.56 Å². The molecule has 1 fully saturated rings. The Morgan fingerprint density at radius 2 is 2.13 bits per heavy atom. The largest absolute Gasteiger partial charge is 0.388 e. The number of rotatable bonds is 3. The standard InChI is InChI=1S/C17H21N3O3/c1-17(2,23)14-8-5-9-19(14)16(22)11-20-13-7-4-3-6-12(13)18-10-15(20)21/h3-4,6-7,10,14,23H,5,8-9,11H2,1-2H3. The highest BCUT2D eigenvalue weighted by molar-refractivity contribution is 5.80. The molecule has 122 valence electrons. The summed E-state index contributed by atoms with van der Waals surface area (Å²) in [6.07, 6.45) is 2.89. The number of carbonyl (C=O) groups excluding carboxylic acids is 1. The van der Waals surface area contributed by atoms with Gasteiger partial charge < -0.3 is 10.0 Å². The third-order valence-corrected chi connectivity index (χ3v) is 4.43. The minimum Gasteiger partial charge on any atom is -0.388 e. The van der Waals surface area contributed by atoms with Gasteiger partial charge in [-0.3, -0.25) is 14.2 Å². The van der Waals surface area contributed by atoms with Crippen LogP contribution in [0.15, 0.2) is 35.3 Å². The Hall–Kier alpha value is -2.21. The summed E-state index contributed by atoms with van der Waals surface area (Å²) in [6, 6.07) is 7.05. The number of aromatic nitrogens is 2. The number of carbonyl (C=O) groups is 1. The van der Waals surface area contributed by atoms with Gasteiger partial charge in [-0.05, 0) is 38.8 Å². The van der Waals surface area contributed by atoms with Gasteiger partial charge in [-0.25, -0.2) is 4.98 Å². The van der Waals surface area contributed by atoms with Gasteiger partial charge in [-0.15, -0.1) is 0 Å². The van der Waals surface area contributed by atoms with Crippen molar-refractivity contribution in [2.24, 2.45) is 0 Å². The zero-order chi connectivity index (χ0) is 16.6. The fourth-order valence-corrected chi connectivity index (χ4v) is 3.30. The van der Waals surface area contributed by atoms with Crippen molar-refractivity contribution in [2.75, 3.05) is 6.54 Å². The van der Waals surface area contributed by atoms with Gasteiger partial charge in [0.05, 0.1) is 28.9 Å². The first-order valence-corrected chi connectivity index (χ1v) is 7.84. The number of aliphatic hydroxyl groups is 1. The Kier molecular flexibility index (Phi) is 3.93. The number of benzene rings is 1. The van der Waals surface area contributed by atoms with E-state index in [4.69, 9.17) is 0 Å². The lowest BCUT2D eigenvalue weighted by atomic mass is 9.96. The second-order valence-corrected chi connectivity index (χ2v) is 6.57. The smallest absolute Gasteiger partial charge is 0.269 e. The molecule has 1 N–H and O–H groups in total. The second kappa shape index (κ2) is 5.77. The van der Waals surface area contributed by atoms with Crippen LogP contribution in [0.5, 0.6) is 0 Å². The van der Waals surface area contributed by atoms with Crippen molar-refractivity contribution in [3.63, 3.8) is 0 Å². The summed E-state index contributed by atoms with van der Waals surface area (Å²) in [5, 5.41) is 10.3. The van der Waals surface area contributed by atoms with Gasteiger partial charge in [0.15, 0.2) is 0 Å². The van der Waals surface area contributed by atoms with Gasteiger partial charge in [-0.1, -0.05) is 12.1 Å². The number of fused-ring (bicyclic) bond motifs is 1. The van der Waals surface area contributed by atoms with Crippen LogP contribution in [-0.2, 0) is 11.3 Å². The van der Waals surface area contributed by atoms with E-state index in [-0.39, 0.29) is 24.1 Å². The maximum atomic E-state index is 12.7. The summed E-state index contributed by atoms with van der Waals surface area (Å²) in [7, 11) is 0. The lowest BCUT2D eigenvalue weighted by Crippen LogP contribution is -2.49. The third-order valence-electron chi connectivity index (χ3n) is 4.43. The molecule has 0 spiro atoms. The van der Waals surface area contributed by atoms with Crippen LogP contribution < -0.4 is 5.56 Å². The molecule has 23 heavy (non-hydrogen) atoms. The maximum absolute atomic E-state index is 12.7. The Balaban J connectivity index is 1.92. The first kappa shape index (κ1) is 15.7. The molecule has 1 unspecified atom stereocenters. The van der Waals surface area contributed by atoms with Crippen LogP contribution in [0.1, 0.15) is 26.7 Å². The van der Waals surface area contributed by atoms with E-state index in [2.05, 4.69) is 4.98 Å². The minimum atomic E-state index is -0.947. The van der Waals surface area contributed by atoms with Crippen molar-refractivity contribution in [2.45, 2.75) is 44.9 Å². The van der Waals surface area contributed by atoms with Crippen LogP contribution in [0.4, 0.5) is 0 Å². The van der Waals surface area contributed by atoms with Crippen molar-refractivity contribution < 1.29 is 9.90 Å².